The van der Waals surface area contributed by atoms with Crippen molar-refractivity contribution in [3.05, 3.63) is 28.2 Å². The van der Waals surface area contributed by atoms with Crippen LogP contribution in [-0.2, 0) is 0 Å². The highest BCUT2D eigenvalue weighted by molar-refractivity contribution is 9.10. The maximum Gasteiger partial charge on any atom is 0.254 e. The van der Waals surface area contributed by atoms with Gasteiger partial charge in [-0.1, -0.05) is 5.16 Å². The van der Waals surface area contributed by atoms with E-state index in [1.165, 1.54) is 11.0 Å². The van der Waals surface area contributed by atoms with Gasteiger partial charge in [0.05, 0.1) is 11.0 Å². The molecule has 0 bridgehead atoms. The van der Waals surface area contributed by atoms with Crippen LogP contribution in [0, 0.1) is 0 Å². The molecule has 1 amide bonds. The number of amides is 1. The van der Waals surface area contributed by atoms with E-state index in [0.29, 0.717) is 16.6 Å². The highest BCUT2D eigenvalue weighted by Crippen LogP contribution is 2.24. The van der Waals surface area contributed by atoms with Crippen LogP contribution in [-0.4, -0.2) is 40.0 Å². The average Bonchev–Trinajstić information content (AvgIpc) is 2.38. The first-order valence-corrected chi connectivity index (χ1v) is 6.03. The number of phenolic OH excluding ortho intramolecular Hbond substituents is 1. The number of rotatable bonds is 4. The van der Waals surface area contributed by atoms with Crippen LogP contribution >= 0.6 is 15.9 Å². The van der Waals surface area contributed by atoms with Crippen LogP contribution in [0.4, 0.5) is 0 Å². The summed E-state index contributed by atoms with van der Waals surface area (Å²) in [5.41, 5.74) is 5.70. The zero-order chi connectivity index (χ0) is 13.7. The number of phenols is 1. The minimum atomic E-state index is -0.299. The summed E-state index contributed by atoms with van der Waals surface area (Å²) in [6.07, 6.45) is 0. The van der Waals surface area contributed by atoms with E-state index < -0.39 is 0 Å². The summed E-state index contributed by atoms with van der Waals surface area (Å²) in [6.45, 7) is 2.22. The molecule has 1 rings (SSSR count). The molecule has 18 heavy (non-hydrogen) atoms. The molecule has 0 aliphatic carbocycles. The Morgan fingerprint density at radius 2 is 2.22 bits per heavy atom. The lowest BCUT2D eigenvalue weighted by molar-refractivity contribution is 0.0785. The van der Waals surface area contributed by atoms with Crippen LogP contribution in [0.2, 0.25) is 0 Å². The van der Waals surface area contributed by atoms with E-state index >= 15 is 0 Å². The Morgan fingerprint density at radius 3 is 2.72 bits per heavy atom. The molecule has 6 nitrogen and oxygen atoms in total. The van der Waals surface area contributed by atoms with E-state index in [9.17, 15) is 9.90 Å². The Kier molecular flexibility index (Phi) is 4.96. The number of oxime groups is 1. The lowest BCUT2D eigenvalue weighted by Gasteiger charge is -2.20. The van der Waals surface area contributed by atoms with Crippen LogP contribution in [0.5, 0.6) is 5.75 Å². The molecule has 0 saturated carbocycles. The first kappa shape index (κ1) is 14.3. The van der Waals surface area contributed by atoms with E-state index in [2.05, 4.69) is 21.1 Å². The lowest BCUT2D eigenvalue weighted by Crippen LogP contribution is -2.38. The fourth-order valence-corrected chi connectivity index (χ4v) is 1.63. The smallest absolute Gasteiger partial charge is 0.254 e. The van der Waals surface area contributed by atoms with E-state index in [1.807, 2.05) is 0 Å². The van der Waals surface area contributed by atoms with Gasteiger partial charge in [0.15, 0.2) is 5.84 Å². The van der Waals surface area contributed by atoms with Gasteiger partial charge < -0.3 is 20.9 Å². The first-order valence-electron chi connectivity index (χ1n) is 5.23. The van der Waals surface area contributed by atoms with Crippen molar-refractivity contribution >= 4 is 27.7 Å². The molecule has 0 radical (unpaired) electrons. The van der Waals surface area contributed by atoms with Crippen LogP contribution in [0.15, 0.2) is 27.8 Å². The predicted molar refractivity (Wildman–Crippen MR) is 70.8 cm³/mol. The normalized spacial score (nSPS) is 11.3. The second-order valence-corrected chi connectivity index (χ2v) is 4.43. The molecule has 0 heterocycles. The molecule has 4 N–H and O–H groups in total. The van der Waals surface area contributed by atoms with Gasteiger partial charge in [-0.3, -0.25) is 4.79 Å². The standard InChI is InChI=1S/C11H14BrN3O3/c1-2-15(6-10(13)14-18)11(17)7-3-4-8(12)9(16)5-7/h3-5,16,18H,2,6H2,1H3,(H2,13,14). The van der Waals surface area contributed by atoms with Gasteiger partial charge in [0.2, 0.25) is 0 Å². The van der Waals surface area contributed by atoms with Crippen molar-refractivity contribution in [2.45, 2.75) is 6.92 Å². The summed E-state index contributed by atoms with van der Waals surface area (Å²) in [4.78, 5) is 13.5. The van der Waals surface area contributed by atoms with Crippen molar-refractivity contribution in [3.63, 3.8) is 0 Å². The molecule has 0 fully saturated rings. The Morgan fingerprint density at radius 1 is 1.56 bits per heavy atom. The summed E-state index contributed by atoms with van der Waals surface area (Å²) in [5, 5.41) is 20.8. The number of nitrogens with zero attached hydrogens (tertiary/aromatic N) is 2. The number of hydrogen-bond acceptors (Lipinski definition) is 4. The van der Waals surface area contributed by atoms with Gasteiger partial charge in [-0.15, -0.1) is 0 Å². The minimum absolute atomic E-state index is 0.0132. The molecule has 0 atom stereocenters. The van der Waals surface area contributed by atoms with Gasteiger partial charge >= 0.3 is 0 Å². The second-order valence-electron chi connectivity index (χ2n) is 3.58. The number of amidine groups is 1. The molecule has 0 aliphatic heterocycles. The summed E-state index contributed by atoms with van der Waals surface area (Å²) >= 11 is 3.14. The highest BCUT2D eigenvalue weighted by Gasteiger charge is 2.16. The minimum Gasteiger partial charge on any atom is -0.507 e. The summed E-state index contributed by atoms with van der Waals surface area (Å²) in [6, 6.07) is 4.53. The fraction of sp³-hybridized carbons (Fsp3) is 0.273. The number of nitrogens with two attached hydrogens (primary N) is 1. The zero-order valence-electron chi connectivity index (χ0n) is 9.80. The summed E-state index contributed by atoms with van der Waals surface area (Å²) < 4.78 is 0.513. The summed E-state index contributed by atoms with van der Waals surface area (Å²) in [7, 11) is 0. The topological polar surface area (TPSA) is 99.1 Å². The molecule has 0 aromatic heterocycles. The van der Waals surface area contributed by atoms with E-state index in [0.717, 1.165) is 0 Å². The van der Waals surface area contributed by atoms with Gasteiger partial charge in [0, 0.05) is 12.1 Å². The van der Waals surface area contributed by atoms with Gasteiger partial charge in [-0.25, -0.2) is 0 Å². The molecule has 7 heteroatoms. The molecule has 1 aromatic carbocycles. The SMILES string of the molecule is CCN(C/C(N)=N/O)C(=O)c1ccc(Br)c(O)c1. The molecule has 0 saturated heterocycles. The number of likely N-dealkylation sites (N-methyl/N-ethyl adjacent to an activating group) is 1. The molecular weight excluding hydrogens is 302 g/mol. The number of aromatic hydroxyl groups is 1. The Balaban J connectivity index is 2.93. The van der Waals surface area contributed by atoms with E-state index in [1.54, 1.807) is 19.1 Å². The number of hydrogen-bond donors (Lipinski definition) is 3. The van der Waals surface area contributed by atoms with Crippen molar-refractivity contribution in [3.8, 4) is 5.75 Å². The molecule has 0 spiro atoms. The predicted octanol–water partition coefficient (Wildman–Crippen LogP) is 1.36. The first-order chi connectivity index (χ1) is 8.49. The maximum absolute atomic E-state index is 12.1. The van der Waals surface area contributed by atoms with Crippen LogP contribution in [0.3, 0.4) is 0 Å². The molecule has 98 valence electrons. The third kappa shape index (κ3) is 3.36. The van der Waals surface area contributed by atoms with E-state index in [4.69, 9.17) is 10.9 Å². The second kappa shape index (κ2) is 6.25. The third-order valence-corrected chi connectivity index (χ3v) is 3.01. The lowest BCUT2D eigenvalue weighted by atomic mass is 10.2. The molecule has 1 aromatic rings. The molecule has 0 unspecified atom stereocenters. The fourth-order valence-electron chi connectivity index (χ4n) is 1.38. The largest absolute Gasteiger partial charge is 0.507 e. The van der Waals surface area contributed by atoms with Gasteiger partial charge in [0.1, 0.15) is 5.75 Å². The van der Waals surface area contributed by atoms with Crippen LogP contribution in [0.25, 0.3) is 0 Å². The van der Waals surface area contributed by atoms with Crippen molar-refractivity contribution in [2.24, 2.45) is 10.9 Å². The van der Waals surface area contributed by atoms with Crippen LogP contribution in [0.1, 0.15) is 17.3 Å². The van der Waals surface area contributed by atoms with Gasteiger partial charge in [-0.2, -0.15) is 0 Å². The molecule has 0 aliphatic rings. The Labute approximate surface area is 113 Å². The number of benzene rings is 1. The maximum atomic E-state index is 12.1. The van der Waals surface area contributed by atoms with Crippen molar-refractivity contribution in [1.82, 2.24) is 4.90 Å². The van der Waals surface area contributed by atoms with Gasteiger partial charge in [-0.05, 0) is 41.1 Å². The monoisotopic (exact) mass is 315 g/mol. The van der Waals surface area contributed by atoms with Crippen LogP contribution < -0.4 is 5.73 Å². The Bertz CT molecular complexity index is 477. The molecular formula is C11H14BrN3O3. The third-order valence-electron chi connectivity index (χ3n) is 2.34. The van der Waals surface area contributed by atoms with Crippen molar-refractivity contribution in [2.75, 3.05) is 13.1 Å². The average molecular weight is 316 g/mol. The van der Waals surface area contributed by atoms with Gasteiger partial charge in [0.25, 0.3) is 5.91 Å². The number of carbonyl (C=O) groups excluding carboxylic acids is 1. The highest BCUT2D eigenvalue weighted by atomic mass is 79.9. The zero-order valence-corrected chi connectivity index (χ0v) is 11.4. The number of carbonyl (C=O) groups is 1. The van der Waals surface area contributed by atoms with Crippen molar-refractivity contribution in [1.29, 1.82) is 0 Å². The number of halogens is 1. The van der Waals surface area contributed by atoms with E-state index in [-0.39, 0.29) is 24.0 Å². The quantitative estimate of drug-likeness (QED) is 0.338. The Hall–Kier alpha value is -1.76. The van der Waals surface area contributed by atoms with Crippen molar-refractivity contribution < 1.29 is 15.1 Å². The summed E-state index contributed by atoms with van der Waals surface area (Å²) in [5.74, 6) is -0.362.